The molecule has 1 aliphatic heterocycles. The molecule has 4 heterocycles. The van der Waals surface area contributed by atoms with Crippen LogP contribution in [0.3, 0.4) is 0 Å². The van der Waals surface area contributed by atoms with Crippen LogP contribution in [0.5, 0.6) is 0 Å². The molecule has 8 heteroatoms. The molecule has 0 bridgehead atoms. The van der Waals surface area contributed by atoms with Crippen molar-refractivity contribution in [2.75, 3.05) is 31.1 Å². The zero-order chi connectivity index (χ0) is 18.9. The maximum atomic E-state index is 5.35. The fourth-order valence-corrected chi connectivity index (χ4v) is 3.63. The first-order chi connectivity index (χ1) is 13.8. The molecule has 1 fully saturated rings. The fraction of sp³-hybridized carbons (Fsp3) is 0.300. The van der Waals surface area contributed by atoms with Crippen LogP contribution in [0.15, 0.2) is 53.3 Å². The van der Waals surface area contributed by atoms with E-state index in [4.69, 9.17) is 4.52 Å². The van der Waals surface area contributed by atoms with Crippen LogP contribution in [0.1, 0.15) is 11.5 Å². The monoisotopic (exact) mass is 375 g/mol. The number of hydrogen-bond donors (Lipinski definition) is 0. The van der Waals surface area contributed by atoms with E-state index >= 15 is 0 Å². The molecule has 5 rings (SSSR count). The van der Waals surface area contributed by atoms with E-state index < -0.39 is 0 Å². The highest BCUT2D eigenvalue weighted by Crippen LogP contribution is 2.24. The third kappa shape index (κ3) is 3.22. The molecule has 3 aromatic heterocycles. The van der Waals surface area contributed by atoms with Gasteiger partial charge in [-0.3, -0.25) is 4.90 Å². The maximum Gasteiger partial charge on any atom is 0.254 e. The minimum Gasteiger partial charge on any atom is -0.360 e. The summed E-state index contributed by atoms with van der Waals surface area (Å²) in [6.45, 7) is 6.43. The molecule has 4 aromatic rings. The Labute approximate surface area is 162 Å². The van der Waals surface area contributed by atoms with Crippen molar-refractivity contribution in [1.29, 1.82) is 0 Å². The summed E-state index contributed by atoms with van der Waals surface area (Å²) < 4.78 is 7.18. The van der Waals surface area contributed by atoms with Crippen LogP contribution in [-0.2, 0) is 6.54 Å². The Balaban J connectivity index is 1.38. The van der Waals surface area contributed by atoms with Gasteiger partial charge >= 0.3 is 0 Å². The lowest BCUT2D eigenvalue weighted by atomic mass is 10.1. The second kappa shape index (κ2) is 7.05. The van der Waals surface area contributed by atoms with Gasteiger partial charge in [0.15, 0.2) is 5.76 Å². The average Bonchev–Trinajstić information content (AvgIpc) is 3.37. The molecule has 0 amide bonds. The van der Waals surface area contributed by atoms with Gasteiger partial charge in [-0.2, -0.15) is 14.6 Å². The first-order valence-corrected chi connectivity index (χ1v) is 9.42. The van der Waals surface area contributed by atoms with Gasteiger partial charge in [0.1, 0.15) is 12.1 Å². The molecule has 0 atom stereocenters. The Morgan fingerprint density at radius 3 is 2.61 bits per heavy atom. The third-order valence-electron chi connectivity index (χ3n) is 5.06. The number of nitrogens with zero attached hydrogens (tertiary/aromatic N) is 7. The standard InChI is InChI=1S/C20H21N7O/c1-15-11-17(28-24-15)13-25-7-9-26(10-8-25)19-12-18(16-5-3-2-4-6-16)23-20-21-14-22-27(19)20/h2-6,11-12,14H,7-10,13H2,1H3. The number of anilines is 1. The van der Waals surface area contributed by atoms with Crippen LogP contribution in [-0.4, -0.2) is 55.8 Å². The molecule has 1 aromatic carbocycles. The first kappa shape index (κ1) is 16.9. The van der Waals surface area contributed by atoms with Crippen LogP contribution in [0.2, 0.25) is 0 Å². The van der Waals surface area contributed by atoms with Crippen LogP contribution >= 0.6 is 0 Å². The molecule has 1 aliphatic rings. The minimum absolute atomic E-state index is 0.621. The van der Waals surface area contributed by atoms with Gasteiger partial charge in [0.05, 0.1) is 17.9 Å². The molecular formula is C20H21N7O. The van der Waals surface area contributed by atoms with Crippen LogP contribution in [0.25, 0.3) is 17.0 Å². The van der Waals surface area contributed by atoms with E-state index in [1.807, 2.05) is 35.7 Å². The molecule has 0 spiro atoms. The van der Waals surface area contributed by atoms with Gasteiger partial charge in [0.2, 0.25) is 0 Å². The van der Waals surface area contributed by atoms with Crippen molar-refractivity contribution >= 4 is 11.6 Å². The average molecular weight is 375 g/mol. The molecule has 28 heavy (non-hydrogen) atoms. The molecular weight excluding hydrogens is 354 g/mol. The number of aromatic nitrogens is 5. The number of aryl methyl sites for hydroxylation is 1. The number of benzene rings is 1. The van der Waals surface area contributed by atoms with Crippen molar-refractivity contribution < 1.29 is 4.52 Å². The van der Waals surface area contributed by atoms with E-state index in [-0.39, 0.29) is 0 Å². The molecule has 0 saturated carbocycles. The van der Waals surface area contributed by atoms with E-state index in [0.29, 0.717) is 5.78 Å². The van der Waals surface area contributed by atoms with Crippen molar-refractivity contribution in [2.24, 2.45) is 0 Å². The lowest BCUT2D eigenvalue weighted by Crippen LogP contribution is -2.46. The molecule has 8 nitrogen and oxygen atoms in total. The van der Waals surface area contributed by atoms with Crippen molar-refractivity contribution in [3.05, 3.63) is 60.2 Å². The third-order valence-corrected chi connectivity index (χ3v) is 5.06. The normalized spacial score (nSPS) is 15.4. The minimum atomic E-state index is 0.621. The quantitative estimate of drug-likeness (QED) is 0.542. The lowest BCUT2D eigenvalue weighted by molar-refractivity contribution is 0.219. The SMILES string of the molecule is Cc1cc(CN2CCN(c3cc(-c4ccccc4)nc4ncnn34)CC2)on1. The number of hydrogen-bond acceptors (Lipinski definition) is 7. The van der Waals surface area contributed by atoms with Gasteiger partial charge in [-0.1, -0.05) is 35.5 Å². The van der Waals surface area contributed by atoms with Crippen molar-refractivity contribution in [1.82, 2.24) is 29.6 Å². The smallest absolute Gasteiger partial charge is 0.254 e. The van der Waals surface area contributed by atoms with Crippen molar-refractivity contribution in [3.63, 3.8) is 0 Å². The van der Waals surface area contributed by atoms with Gasteiger partial charge in [-0.25, -0.2) is 4.98 Å². The number of rotatable bonds is 4. The second-order valence-corrected chi connectivity index (χ2v) is 7.04. The molecule has 0 unspecified atom stereocenters. The Morgan fingerprint density at radius 1 is 1.04 bits per heavy atom. The Morgan fingerprint density at radius 2 is 1.86 bits per heavy atom. The van der Waals surface area contributed by atoms with E-state index in [1.54, 1.807) is 6.33 Å². The molecule has 0 aliphatic carbocycles. The summed E-state index contributed by atoms with van der Waals surface area (Å²) in [5, 5.41) is 8.36. The topological polar surface area (TPSA) is 75.6 Å². The van der Waals surface area contributed by atoms with Crippen molar-refractivity contribution in [2.45, 2.75) is 13.5 Å². The summed E-state index contributed by atoms with van der Waals surface area (Å²) in [6, 6.07) is 14.3. The maximum absolute atomic E-state index is 5.35. The molecule has 142 valence electrons. The van der Waals surface area contributed by atoms with Gasteiger partial charge in [0.25, 0.3) is 5.78 Å². The molecule has 0 radical (unpaired) electrons. The summed E-state index contributed by atoms with van der Waals surface area (Å²) in [5.41, 5.74) is 2.91. The Hall–Kier alpha value is -3.26. The van der Waals surface area contributed by atoms with Gasteiger partial charge in [-0.15, -0.1) is 0 Å². The van der Waals surface area contributed by atoms with E-state index in [1.165, 1.54) is 0 Å². The van der Waals surface area contributed by atoms with Crippen molar-refractivity contribution in [3.8, 4) is 11.3 Å². The summed E-state index contributed by atoms with van der Waals surface area (Å²) in [6.07, 6.45) is 1.56. The summed E-state index contributed by atoms with van der Waals surface area (Å²) in [4.78, 5) is 13.7. The van der Waals surface area contributed by atoms with E-state index in [0.717, 1.165) is 61.3 Å². The lowest BCUT2D eigenvalue weighted by Gasteiger charge is -2.35. The van der Waals surface area contributed by atoms with E-state index in [2.05, 4.69) is 48.2 Å². The molecule has 0 N–H and O–H groups in total. The highest BCUT2D eigenvalue weighted by molar-refractivity contribution is 5.65. The zero-order valence-corrected chi connectivity index (χ0v) is 15.7. The van der Waals surface area contributed by atoms with Crippen LogP contribution < -0.4 is 4.90 Å². The summed E-state index contributed by atoms with van der Waals surface area (Å²) >= 11 is 0. The first-order valence-electron chi connectivity index (χ1n) is 9.42. The second-order valence-electron chi connectivity index (χ2n) is 7.04. The fourth-order valence-electron chi connectivity index (χ4n) is 3.63. The highest BCUT2D eigenvalue weighted by atomic mass is 16.5. The largest absolute Gasteiger partial charge is 0.360 e. The molecule has 1 saturated heterocycles. The Kier molecular flexibility index (Phi) is 4.25. The van der Waals surface area contributed by atoms with Crippen LogP contribution in [0.4, 0.5) is 5.82 Å². The van der Waals surface area contributed by atoms with E-state index in [9.17, 15) is 0 Å². The number of fused-ring (bicyclic) bond motifs is 1. The summed E-state index contributed by atoms with van der Waals surface area (Å²) in [7, 11) is 0. The van der Waals surface area contributed by atoms with Gasteiger partial charge < -0.3 is 9.42 Å². The number of piperazine rings is 1. The predicted molar refractivity (Wildman–Crippen MR) is 105 cm³/mol. The zero-order valence-electron chi connectivity index (χ0n) is 15.7. The van der Waals surface area contributed by atoms with Gasteiger partial charge in [0, 0.05) is 43.9 Å². The Bertz CT molecular complexity index is 1080. The predicted octanol–water partition coefficient (Wildman–Crippen LogP) is 2.41. The van der Waals surface area contributed by atoms with Crippen LogP contribution in [0, 0.1) is 6.92 Å². The highest BCUT2D eigenvalue weighted by Gasteiger charge is 2.22. The van der Waals surface area contributed by atoms with Gasteiger partial charge in [-0.05, 0) is 6.92 Å². The summed E-state index contributed by atoms with van der Waals surface area (Å²) in [5.74, 6) is 2.56.